The van der Waals surface area contributed by atoms with Crippen LogP contribution < -0.4 is 26.0 Å². The predicted molar refractivity (Wildman–Crippen MR) is 131 cm³/mol. The first-order valence-electron chi connectivity index (χ1n) is 11.7. The van der Waals surface area contributed by atoms with Crippen LogP contribution in [0, 0.1) is 5.92 Å². The molecule has 2 N–H and O–H groups in total. The number of ether oxygens (including phenoxy) is 2. The number of H-pyrrole nitrogens is 1. The topological polar surface area (TPSA) is 102 Å². The first kappa shape index (κ1) is 23.6. The van der Waals surface area contributed by atoms with Gasteiger partial charge in [-0.15, -0.1) is 0 Å². The molecule has 0 unspecified atom stereocenters. The quantitative estimate of drug-likeness (QED) is 0.558. The molecule has 2 aromatic carbocycles. The number of rotatable bonds is 7. The molecule has 1 fully saturated rings. The van der Waals surface area contributed by atoms with Gasteiger partial charge < -0.3 is 19.8 Å². The molecule has 1 amide bonds. The summed E-state index contributed by atoms with van der Waals surface area (Å²) >= 11 is 0. The summed E-state index contributed by atoms with van der Waals surface area (Å²) in [5, 5.41) is 3.48. The van der Waals surface area contributed by atoms with Gasteiger partial charge in [0.1, 0.15) is 0 Å². The van der Waals surface area contributed by atoms with Crippen LogP contribution in [0.25, 0.3) is 10.9 Å². The summed E-state index contributed by atoms with van der Waals surface area (Å²) in [5.41, 5.74) is 0.821. The number of carbonyl (C=O) groups excluding carboxylic acids is 1. The normalized spacial score (nSPS) is 18.0. The first-order valence-corrected chi connectivity index (χ1v) is 11.7. The zero-order valence-corrected chi connectivity index (χ0v) is 19.8. The molecule has 0 saturated heterocycles. The van der Waals surface area contributed by atoms with E-state index in [9.17, 15) is 14.4 Å². The van der Waals surface area contributed by atoms with Gasteiger partial charge >= 0.3 is 5.69 Å². The number of hydrogen-bond acceptors (Lipinski definition) is 5. The van der Waals surface area contributed by atoms with Gasteiger partial charge in [-0.3, -0.25) is 14.2 Å². The van der Waals surface area contributed by atoms with Crippen molar-refractivity contribution >= 4 is 16.8 Å². The highest BCUT2D eigenvalue weighted by Gasteiger charge is 2.23. The number of methoxy groups -OCH3 is 2. The molecular formula is C26H31N3O5. The smallest absolute Gasteiger partial charge is 0.328 e. The Bertz CT molecular complexity index is 1310. The maximum atomic E-state index is 13.0. The Morgan fingerprint density at radius 1 is 1.06 bits per heavy atom. The van der Waals surface area contributed by atoms with Crippen LogP contribution in [0.1, 0.15) is 48.5 Å². The standard InChI is InChI=1S/C26H31N3O5/c1-16-6-4-5-7-20(16)27-24(30)18-9-10-19-21(15-18)28-26(32)29(25(19)31)13-12-17-8-11-22(33-2)23(14-17)34-3/h8-11,14-16,20H,4-7,12-13H2,1-3H3,(H,27,30)(H,28,32)/t16-,20+/m1/s1. The van der Waals surface area contributed by atoms with E-state index < -0.39 is 5.69 Å². The van der Waals surface area contributed by atoms with E-state index in [-0.39, 0.29) is 24.1 Å². The number of amides is 1. The van der Waals surface area contributed by atoms with Crippen LogP contribution in [0.4, 0.5) is 0 Å². The molecule has 8 nitrogen and oxygen atoms in total. The monoisotopic (exact) mass is 465 g/mol. The van der Waals surface area contributed by atoms with Crippen molar-refractivity contribution in [2.24, 2.45) is 5.92 Å². The molecule has 8 heteroatoms. The average Bonchev–Trinajstić information content (AvgIpc) is 2.84. The fourth-order valence-corrected chi connectivity index (χ4v) is 4.66. The number of carbonyl (C=O) groups is 1. The largest absolute Gasteiger partial charge is 0.493 e. The molecule has 0 bridgehead atoms. The minimum absolute atomic E-state index is 0.153. The molecule has 34 heavy (non-hydrogen) atoms. The molecule has 4 rings (SSSR count). The summed E-state index contributed by atoms with van der Waals surface area (Å²) in [6.07, 6.45) is 4.86. The lowest BCUT2D eigenvalue weighted by Gasteiger charge is -2.29. The van der Waals surface area contributed by atoms with Crippen LogP contribution in [0.5, 0.6) is 11.5 Å². The number of benzene rings is 2. The fourth-order valence-electron chi connectivity index (χ4n) is 4.66. The van der Waals surface area contributed by atoms with E-state index in [4.69, 9.17) is 9.47 Å². The van der Waals surface area contributed by atoms with Crippen molar-refractivity contribution in [3.63, 3.8) is 0 Å². The van der Waals surface area contributed by atoms with Crippen molar-refractivity contribution in [2.75, 3.05) is 14.2 Å². The number of hydrogen-bond donors (Lipinski definition) is 2. The van der Waals surface area contributed by atoms with Crippen molar-refractivity contribution in [3.05, 3.63) is 68.4 Å². The van der Waals surface area contributed by atoms with Crippen LogP contribution in [0.15, 0.2) is 46.0 Å². The lowest BCUT2D eigenvalue weighted by atomic mass is 9.86. The van der Waals surface area contributed by atoms with E-state index in [1.807, 2.05) is 12.1 Å². The lowest BCUT2D eigenvalue weighted by Crippen LogP contribution is -2.41. The predicted octanol–water partition coefficient (Wildman–Crippen LogP) is 3.26. The maximum absolute atomic E-state index is 13.0. The van der Waals surface area contributed by atoms with Gasteiger partial charge in [0.2, 0.25) is 0 Å². The molecule has 2 atom stereocenters. The Labute approximate surface area is 197 Å². The molecular weight excluding hydrogens is 434 g/mol. The van der Waals surface area contributed by atoms with Gasteiger partial charge in [-0.25, -0.2) is 4.79 Å². The second-order valence-electron chi connectivity index (χ2n) is 8.93. The highest BCUT2D eigenvalue weighted by Crippen LogP contribution is 2.28. The minimum Gasteiger partial charge on any atom is -0.493 e. The SMILES string of the molecule is COc1ccc(CCn2c(=O)[nH]c3cc(C(=O)N[C@H]4CCCC[C@H]4C)ccc3c2=O)cc1OC. The van der Waals surface area contributed by atoms with Gasteiger partial charge in [0.05, 0.1) is 25.1 Å². The summed E-state index contributed by atoms with van der Waals surface area (Å²) in [4.78, 5) is 41.3. The minimum atomic E-state index is -0.503. The molecule has 1 aromatic heterocycles. The second kappa shape index (κ2) is 10.2. The molecule has 1 saturated carbocycles. The summed E-state index contributed by atoms with van der Waals surface area (Å²) < 4.78 is 11.8. The van der Waals surface area contributed by atoms with E-state index in [0.717, 1.165) is 24.8 Å². The average molecular weight is 466 g/mol. The van der Waals surface area contributed by atoms with Gasteiger partial charge in [-0.05, 0) is 61.1 Å². The molecule has 1 aliphatic carbocycles. The third kappa shape index (κ3) is 4.85. The first-order chi connectivity index (χ1) is 16.4. The van der Waals surface area contributed by atoms with Crippen LogP contribution in [0.3, 0.4) is 0 Å². The van der Waals surface area contributed by atoms with Crippen molar-refractivity contribution in [1.29, 1.82) is 0 Å². The van der Waals surface area contributed by atoms with Gasteiger partial charge in [0.15, 0.2) is 11.5 Å². The van der Waals surface area contributed by atoms with Crippen LogP contribution in [0.2, 0.25) is 0 Å². The fraction of sp³-hybridized carbons (Fsp3) is 0.423. The van der Waals surface area contributed by atoms with Gasteiger partial charge in [0.25, 0.3) is 11.5 Å². The molecule has 1 heterocycles. The summed E-state index contributed by atoms with van der Waals surface area (Å²) in [7, 11) is 3.13. The molecule has 0 radical (unpaired) electrons. The molecule has 180 valence electrons. The van der Waals surface area contributed by atoms with E-state index in [0.29, 0.717) is 40.3 Å². The van der Waals surface area contributed by atoms with Gasteiger partial charge in [0, 0.05) is 18.2 Å². The van der Waals surface area contributed by atoms with Crippen LogP contribution >= 0.6 is 0 Å². The zero-order valence-electron chi connectivity index (χ0n) is 19.8. The molecule has 1 aliphatic rings. The van der Waals surface area contributed by atoms with Crippen molar-refractivity contribution < 1.29 is 14.3 Å². The zero-order chi connectivity index (χ0) is 24.2. The number of nitrogens with zero attached hydrogens (tertiary/aromatic N) is 1. The highest BCUT2D eigenvalue weighted by atomic mass is 16.5. The highest BCUT2D eigenvalue weighted by molar-refractivity contribution is 5.97. The number of fused-ring (bicyclic) bond motifs is 1. The van der Waals surface area contributed by atoms with Gasteiger partial charge in [-0.2, -0.15) is 0 Å². The maximum Gasteiger partial charge on any atom is 0.328 e. The van der Waals surface area contributed by atoms with E-state index in [2.05, 4.69) is 17.2 Å². The van der Waals surface area contributed by atoms with Gasteiger partial charge in [-0.1, -0.05) is 25.8 Å². The Kier molecular flexibility index (Phi) is 7.05. The van der Waals surface area contributed by atoms with E-state index >= 15 is 0 Å². The summed E-state index contributed by atoms with van der Waals surface area (Å²) in [5.74, 6) is 1.47. The van der Waals surface area contributed by atoms with E-state index in [1.54, 1.807) is 38.5 Å². The second-order valence-corrected chi connectivity index (χ2v) is 8.93. The number of nitrogens with one attached hydrogen (secondary N) is 2. The van der Waals surface area contributed by atoms with Crippen molar-refractivity contribution in [2.45, 2.75) is 51.6 Å². The van der Waals surface area contributed by atoms with Crippen LogP contribution in [-0.2, 0) is 13.0 Å². The van der Waals surface area contributed by atoms with E-state index in [1.165, 1.54) is 11.0 Å². The van der Waals surface area contributed by atoms with Crippen molar-refractivity contribution in [3.8, 4) is 11.5 Å². The van der Waals surface area contributed by atoms with Crippen molar-refractivity contribution in [1.82, 2.24) is 14.9 Å². The summed E-state index contributed by atoms with van der Waals surface area (Å²) in [6, 6.07) is 10.5. The number of aromatic nitrogens is 2. The Morgan fingerprint density at radius 2 is 1.82 bits per heavy atom. The van der Waals surface area contributed by atoms with Crippen LogP contribution in [-0.4, -0.2) is 35.7 Å². The Morgan fingerprint density at radius 3 is 2.56 bits per heavy atom. The lowest BCUT2D eigenvalue weighted by molar-refractivity contribution is 0.0910. The molecule has 0 spiro atoms. The third-order valence-electron chi connectivity index (χ3n) is 6.74. The number of aryl methyl sites for hydroxylation is 1. The Hall–Kier alpha value is -3.55. The Balaban J connectivity index is 1.54. The molecule has 3 aromatic rings. The molecule has 0 aliphatic heterocycles. The number of aromatic amines is 1. The third-order valence-corrected chi connectivity index (χ3v) is 6.74. The summed E-state index contributed by atoms with van der Waals surface area (Å²) in [6.45, 7) is 2.37.